The van der Waals surface area contributed by atoms with Gasteiger partial charge in [-0.05, 0) is 70.6 Å². The molecule has 0 saturated carbocycles. The molecule has 3 unspecified atom stereocenters. The number of carboxylic acid groups (broad SMARTS) is 1. The van der Waals surface area contributed by atoms with E-state index in [4.69, 9.17) is 29.4 Å². The molecule has 0 aromatic carbocycles. The molecule has 4 N–H and O–H groups in total. The highest BCUT2D eigenvalue weighted by Crippen LogP contribution is 2.43. The molecule has 0 aromatic heterocycles. The molecule has 0 heterocycles. The lowest BCUT2D eigenvalue weighted by molar-refractivity contribution is -0.154. The molecule has 0 rings (SSSR count). The Morgan fingerprint density at radius 3 is 1.64 bits per heavy atom. The molecular weight excluding hydrogens is 693 g/mol. The fourth-order valence-electron chi connectivity index (χ4n) is 5.12. The second kappa shape index (κ2) is 38.0. The molecule has 53 heavy (non-hydrogen) atoms. The predicted molar refractivity (Wildman–Crippen MR) is 217 cm³/mol. The first-order valence-corrected chi connectivity index (χ1v) is 21.8. The van der Waals surface area contributed by atoms with Crippen molar-refractivity contribution in [3.05, 3.63) is 60.8 Å². The maximum absolute atomic E-state index is 12.6. The largest absolute Gasteiger partial charge is 0.480 e. The van der Waals surface area contributed by atoms with Gasteiger partial charge in [0.15, 0.2) is 0 Å². The Kier molecular flexibility index (Phi) is 36.3. The number of ether oxygens (including phenoxy) is 2. The number of carbonyl (C=O) groups is 2. The van der Waals surface area contributed by atoms with Crippen LogP contribution < -0.4 is 5.73 Å². The summed E-state index contributed by atoms with van der Waals surface area (Å²) < 4.78 is 33.3. The standard InChI is InChI=1S/C42H74NO9P/c1-3-5-7-9-11-13-15-17-19-20-21-22-24-26-28-30-32-34-41(44)52-39(37-50-53(47,48)51-38-40(43)42(45)46)36-49-35-33-31-29-27-25-23-18-16-14-12-10-8-6-4-2/h5,7-8,10-11,13-14,16-17,19,39-40H,3-4,6,9,12,15,18,20-38,43H2,1-2H3,(H,45,46)(H,47,48)/b7-5-,10-8-,13-11-,16-14-,19-17-. The van der Waals surface area contributed by atoms with Gasteiger partial charge in [-0.15, -0.1) is 0 Å². The van der Waals surface area contributed by atoms with E-state index in [1.54, 1.807) is 0 Å². The minimum Gasteiger partial charge on any atom is -0.480 e. The number of allylic oxidation sites excluding steroid dienone is 10. The van der Waals surface area contributed by atoms with Crippen molar-refractivity contribution < 1.29 is 42.7 Å². The van der Waals surface area contributed by atoms with Crippen LogP contribution in [0.25, 0.3) is 0 Å². The summed E-state index contributed by atoms with van der Waals surface area (Å²) in [5.41, 5.74) is 5.34. The lowest BCUT2D eigenvalue weighted by Gasteiger charge is -2.20. The van der Waals surface area contributed by atoms with E-state index < -0.39 is 45.1 Å². The normalized spacial score (nSPS) is 14.6. The zero-order valence-electron chi connectivity index (χ0n) is 33.1. The molecule has 0 aliphatic heterocycles. The molecule has 0 aromatic rings. The van der Waals surface area contributed by atoms with Gasteiger partial charge >= 0.3 is 19.8 Å². The van der Waals surface area contributed by atoms with Gasteiger partial charge in [0, 0.05) is 13.0 Å². The Hall–Kier alpha value is -2.33. The van der Waals surface area contributed by atoms with Crippen LogP contribution in [0.15, 0.2) is 60.8 Å². The van der Waals surface area contributed by atoms with Crippen molar-refractivity contribution in [1.82, 2.24) is 0 Å². The van der Waals surface area contributed by atoms with Crippen LogP contribution >= 0.6 is 7.82 Å². The van der Waals surface area contributed by atoms with E-state index in [9.17, 15) is 19.0 Å². The average molecular weight is 768 g/mol. The molecule has 10 nitrogen and oxygen atoms in total. The minimum absolute atomic E-state index is 0.00286. The Morgan fingerprint density at radius 2 is 1.09 bits per heavy atom. The van der Waals surface area contributed by atoms with Crippen LogP contribution in [-0.2, 0) is 32.7 Å². The predicted octanol–water partition coefficient (Wildman–Crippen LogP) is 10.9. The van der Waals surface area contributed by atoms with Crippen LogP contribution in [0.5, 0.6) is 0 Å². The molecule has 3 atom stereocenters. The smallest absolute Gasteiger partial charge is 0.472 e. The van der Waals surface area contributed by atoms with Gasteiger partial charge in [-0.2, -0.15) is 0 Å². The summed E-state index contributed by atoms with van der Waals surface area (Å²) in [6, 6.07) is -1.48. The number of unbranched alkanes of at least 4 members (excludes halogenated alkanes) is 14. The van der Waals surface area contributed by atoms with Gasteiger partial charge in [0.2, 0.25) is 0 Å². The van der Waals surface area contributed by atoms with Gasteiger partial charge in [0.25, 0.3) is 0 Å². The van der Waals surface area contributed by atoms with Crippen LogP contribution in [0.1, 0.15) is 155 Å². The topological polar surface area (TPSA) is 155 Å². The molecule has 11 heteroatoms. The van der Waals surface area contributed by atoms with Crippen molar-refractivity contribution in [3.8, 4) is 0 Å². The summed E-state index contributed by atoms with van der Waals surface area (Å²) in [5, 5.41) is 8.88. The zero-order chi connectivity index (χ0) is 39.1. The lowest BCUT2D eigenvalue weighted by Crippen LogP contribution is -2.34. The van der Waals surface area contributed by atoms with Crippen LogP contribution in [-0.4, -0.2) is 60.5 Å². The van der Waals surface area contributed by atoms with E-state index in [-0.39, 0.29) is 13.0 Å². The number of hydrogen-bond donors (Lipinski definition) is 3. The number of hydrogen-bond acceptors (Lipinski definition) is 8. The van der Waals surface area contributed by atoms with Crippen molar-refractivity contribution in [1.29, 1.82) is 0 Å². The van der Waals surface area contributed by atoms with E-state index in [1.165, 1.54) is 44.9 Å². The number of phosphoric acid groups is 1. The molecule has 0 aliphatic carbocycles. The second-order valence-electron chi connectivity index (χ2n) is 13.4. The number of nitrogens with two attached hydrogens (primary N) is 1. The van der Waals surface area contributed by atoms with Crippen molar-refractivity contribution in [3.63, 3.8) is 0 Å². The third kappa shape index (κ3) is 37.8. The summed E-state index contributed by atoms with van der Waals surface area (Å²) in [7, 11) is -4.62. The summed E-state index contributed by atoms with van der Waals surface area (Å²) in [4.78, 5) is 33.5. The highest BCUT2D eigenvalue weighted by Gasteiger charge is 2.27. The molecule has 0 aliphatic rings. The number of rotatable bonds is 38. The van der Waals surface area contributed by atoms with Gasteiger partial charge in [-0.1, -0.05) is 139 Å². The molecule has 306 valence electrons. The first kappa shape index (κ1) is 50.7. The summed E-state index contributed by atoms with van der Waals surface area (Å²) >= 11 is 0. The maximum Gasteiger partial charge on any atom is 0.472 e. The third-order valence-electron chi connectivity index (χ3n) is 8.26. The second-order valence-corrected chi connectivity index (χ2v) is 14.8. The molecular formula is C42H74NO9P. The average Bonchev–Trinajstić information content (AvgIpc) is 3.13. The molecule has 0 fully saturated rings. The Balaban J connectivity index is 4.31. The molecule has 0 amide bonds. The van der Waals surface area contributed by atoms with Crippen LogP contribution in [0.2, 0.25) is 0 Å². The van der Waals surface area contributed by atoms with Gasteiger partial charge in [0.1, 0.15) is 12.1 Å². The molecule has 0 spiro atoms. The zero-order valence-corrected chi connectivity index (χ0v) is 34.0. The van der Waals surface area contributed by atoms with E-state index in [0.717, 1.165) is 83.5 Å². The lowest BCUT2D eigenvalue weighted by atomic mass is 10.1. The highest BCUT2D eigenvalue weighted by atomic mass is 31.2. The Labute approximate surface area is 322 Å². The third-order valence-corrected chi connectivity index (χ3v) is 9.21. The number of carbonyl (C=O) groups excluding carboxylic acids is 1. The minimum atomic E-state index is -4.62. The summed E-state index contributed by atoms with van der Waals surface area (Å²) in [6.45, 7) is 3.65. The first-order valence-electron chi connectivity index (χ1n) is 20.3. The van der Waals surface area contributed by atoms with E-state index in [0.29, 0.717) is 13.0 Å². The van der Waals surface area contributed by atoms with Crippen LogP contribution in [0, 0.1) is 0 Å². The quantitative estimate of drug-likeness (QED) is 0.0239. The van der Waals surface area contributed by atoms with E-state index in [2.05, 4.69) is 74.6 Å². The molecule has 0 saturated heterocycles. The Bertz CT molecular complexity index is 1070. The van der Waals surface area contributed by atoms with Gasteiger partial charge in [0.05, 0.1) is 19.8 Å². The SMILES string of the molecule is CC/C=C\C/C=C\C/C=C\CCCCCCCCCC(=O)OC(COCCCCCCCC/C=C\C/C=C\CCC)COP(=O)(O)OCC(N)C(=O)O. The van der Waals surface area contributed by atoms with Crippen molar-refractivity contribution in [2.75, 3.05) is 26.4 Å². The first-order chi connectivity index (χ1) is 25.7. The molecule has 0 radical (unpaired) electrons. The van der Waals surface area contributed by atoms with Gasteiger partial charge < -0.3 is 25.2 Å². The van der Waals surface area contributed by atoms with Crippen molar-refractivity contribution in [2.24, 2.45) is 5.73 Å². The maximum atomic E-state index is 12.6. The van der Waals surface area contributed by atoms with Crippen molar-refractivity contribution >= 4 is 19.8 Å². The number of carboxylic acids is 1. The molecule has 0 bridgehead atoms. The van der Waals surface area contributed by atoms with Crippen LogP contribution in [0.4, 0.5) is 0 Å². The number of aliphatic carboxylic acids is 1. The fraction of sp³-hybridized carbons (Fsp3) is 0.714. The summed E-state index contributed by atoms with van der Waals surface area (Å²) in [5.74, 6) is -1.80. The monoisotopic (exact) mass is 768 g/mol. The summed E-state index contributed by atoms with van der Waals surface area (Å²) in [6.07, 6.45) is 44.1. The van der Waals surface area contributed by atoms with Gasteiger partial charge in [-0.3, -0.25) is 18.6 Å². The highest BCUT2D eigenvalue weighted by molar-refractivity contribution is 7.47. The fourth-order valence-corrected chi connectivity index (χ4v) is 5.90. The van der Waals surface area contributed by atoms with Crippen molar-refractivity contribution in [2.45, 2.75) is 167 Å². The van der Waals surface area contributed by atoms with E-state index in [1.807, 2.05) is 0 Å². The van der Waals surface area contributed by atoms with Gasteiger partial charge in [-0.25, -0.2) is 4.57 Å². The number of esters is 1. The van der Waals surface area contributed by atoms with E-state index >= 15 is 0 Å². The van der Waals surface area contributed by atoms with Crippen LogP contribution in [0.3, 0.4) is 0 Å². The Morgan fingerprint density at radius 1 is 0.623 bits per heavy atom. The number of phosphoric ester groups is 1.